The largest absolute Gasteiger partial charge is 0.446 e. The van der Waals surface area contributed by atoms with Gasteiger partial charge in [0.05, 0.1) is 29.1 Å². The molecule has 0 aromatic carbocycles. The highest BCUT2D eigenvalue weighted by atomic mass is 32.2. The molecule has 0 spiro atoms. The first kappa shape index (κ1) is 20.6. The Labute approximate surface area is 175 Å². The Hall–Kier alpha value is -2.62. The van der Waals surface area contributed by atoms with Gasteiger partial charge in [-0.25, -0.2) is 13.2 Å². The molecule has 0 atom stereocenters. The summed E-state index contributed by atoms with van der Waals surface area (Å²) >= 11 is 0. The number of alkyl carbamates (subject to hydrolysis) is 1. The molecular formula is C20H27N5O4S. The van der Waals surface area contributed by atoms with E-state index in [1.54, 1.807) is 6.20 Å². The zero-order valence-electron chi connectivity index (χ0n) is 17.1. The van der Waals surface area contributed by atoms with Crippen LogP contribution in [-0.2, 0) is 26.1 Å². The molecule has 2 aromatic heterocycles. The summed E-state index contributed by atoms with van der Waals surface area (Å²) in [7, 11) is -3.07. The number of ether oxygens (including phenoxy) is 1. The van der Waals surface area contributed by atoms with Gasteiger partial charge in [-0.2, -0.15) is 5.10 Å². The Balaban J connectivity index is 1.32. The number of nitrogens with one attached hydrogen (secondary N) is 3. The zero-order chi connectivity index (χ0) is 21.3. The standard InChI is InChI=1S/C20H27N5O4S/c1-12(2)22-20(26)29-16-5-3-13(4-6-16)17-8-19(25-24-17)23-15-7-14-10-30(27,28)11-18(14)21-9-15/h7-9,12-13,16H,3-6,10-11H2,1-2H3,(H,22,26)(H2,23,24,25). The van der Waals surface area contributed by atoms with Crippen LogP contribution in [0.4, 0.5) is 16.3 Å². The van der Waals surface area contributed by atoms with Crippen LogP contribution in [0, 0.1) is 0 Å². The maximum Gasteiger partial charge on any atom is 0.407 e. The van der Waals surface area contributed by atoms with Crippen molar-refractivity contribution < 1.29 is 17.9 Å². The summed E-state index contributed by atoms with van der Waals surface area (Å²) in [4.78, 5) is 16.0. The first-order valence-electron chi connectivity index (χ1n) is 10.2. The van der Waals surface area contributed by atoms with Gasteiger partial charge in [0.1, 0.15) is 6.10 Å². The molecule has 1 aliphatic carbocycles. The molecule has 162 valence electrons. The van der Waals surface area contributed by atoms with E-state index in [1.165, 1.54) is 0 Å². The van der Waals surface area contributed by atoms with Crippen molar-refractivity contribution in [1.82, 2.24) is 20.5 Å². The van der Waals surface area contributed by atoms with Crippen LogP contribution in [0.2, 0.25) is 0 Å². The third kappa shape index (κ3) is 4.92. The lowest BCUT2D eigenvalue weighted by Gasteiger charge is -2.27. The number of nitrogens with zero attached hydrogens (tertiary/aromatic N) is 2. The van der Waals surface area contributed by atoms with Gasteiger partial charge in [0.25, 0.3) is 0 Å². The maximum absolute atomic E-state index is 11.8. The number of carbonyl (C=O) groups excluding carboxylic acids is 1. The third-order valence-electron chi connectivity index (χ3n) is 5.46. The fraction of sp³-hybridized carbons (Fsp3) is 0.550. The molecule has 9 nitrogen and oxygen atoms in total. The van der Waals surface area contributed by atoms with Gasteiger partial charge in [-0.1, -0.05) is 0 Å². The Bertz CT molecular complexity index is 1030. The SMILES string of the molecule is CC(C)NC(=O)OC1CCC(c2cc(Nc3cnc4c(c3)CS(=O)(=O)C4)n[nH]2)CC1. The summed E-state index contributed by atoms with van der Waals surface area (Å²) < 4.78 is 29.0. The van der Waals surface area contributed by atoms with E-state index in [4.69, 9.17) is 4.74 Å². The van der Waals surface area contributed by atoms with Crippen molar-refractivity contribution in [2.24, 2.45) is 0 Å². The Morgan fingerprint density at radius 3 is 2.70 bits per heavy atom. The number of aromatic nitrogens is 3. The minimum absolute atomic E-state index is 0.0146. The lowest BCUT2D eigenvalue weighted by atomic mass is 9.85. The molecule has 1 amide bonds. The first-order chi connectivity index (χ1) is 14.3. The fourth-order valence-electron chi connectivity index (χ4n) is 4.03. The van der Waals surface area contributed by atoms with E-state index in [1.807, 2.05) is 26.0 Å². The van der Waals surface area contributed by atoms with E-state index in [-0.39, 0.29) is 29.7 Å². The lowest BCUT2D eigenvalue weighted by Crippen LogP contribution is -2.34. The van der Waals surface area contributed by atoms with Crippen molar-refractivity contribution >= 4 is 27.4 Å². The number of pyridine rings is 1. The minimum Gasteiger partial charge on any atom is -0.446 e. The summed E-state index contributed by atoms with van der Waals surface area (Å²) in [6.07, 6.45) is 4.71. The number of fused-ring (bicyclic) bond motifs is 1. The van der Waals surface area contributed by atoms with Crippen LogP contribution >= 0.6 is 0 Å². The number of H-pyrrole nitrogens is 1. The van der Waals surface area contributed by atoms with Gasteiger partial charge in [0, 0.05) is 23.7 Å². The lowest BCUT2D eigenvalue weighted by molar-refractivity contribution is 0.0697. The molecule has 1 fully saturated rings. The highest BCUT2D eigenvalue weighted by molar-refractivity contribution is 7.90. The van der Waals surface area contributed by atoms with Crippen LogP contribution < -0.4 is 10.6 Å². The first-order valence-corrected chi connectivity index (χ1v) is 12.1. The highest BCUT2D eigenvalue weighted by Crippen LogP contribution is 2.34. The van der Waals surface area contributed by atoms with E-state index in [0.29, 0.717) is 17.4 Å². The molecule has 3 N–H and O–H groups in total. The predicted octanol–water partition coefficient (Wildman–Crippen LogP) is 3.14. The summed E-state index contributed by atoms with van der Waals surface area (Å²) in [5.41, 5.74) is 3.14. The normalized spacial score (nSPS) is 22.5. The average Bonchev–Trinajstić information content (AvgIpc) is 3.24. The molecular weight excluding hydrogens is 406 g/mol. The molecule has 10 heteroatoms. The molecule has 0 radical (unpaired) electrons. The van der Waals surface area contributed by atoms with Gasteiger partial charge in [-0.05, 0) is 51.2 Å². The van der Waals surface area contributed by atoms with Gasteiger partial charge in [0.15, 0.2) is 15.7 Å². The van der Waals surface area contributed by atoms with Crippen molar-refractivity contribution in [3.63, 3.8) is 0 Å². The molecule has 4 rings (SSSR count). The molecule has 1 saturated carbocycles. The zero-order valence-corrected chi connectivity index (χ0v) is 18.0. The number of rotatable bonds is 5. The number of hydrogen-bond acceptors (Lipinski definition) is 7. The second-order valence-corrected chi connectivity index (χ2v) is 10.4. The molecule has 1 aliphatic heterocycles. The number of sulfone groups is 1. The second-order valence-electron chi connectivity index (χ2n) is 8.37. The van der Waals surface area contributed by atoms with Crippen LogP contribution in [0.1, 0.15) is 62.4 Å². The third-order valence-corrected chi connectivity index (χ3v) is 6.92. The number of anilines is 2. The second kappa shape index (κ2) is 8.25. The van der Waals surface area contributed by atoms with E-state index in [9.17, 15) is 13.2 Å². The number of hydrogen-bond donors (Lipinski definition) is 3. The van der Waals surface area contributed by atoms with Crippen molar-refractivity contribution in [3.8, 4) is 0 Å². The monoisotopic (exact) mass is 433 g/mol. The molecule has 0 bridgehead atoms. The maximum atomic E-state index is 11.8. The van der Waals surface area contributed by atoms with Crippen LogP contribution in [0.5, 0.6) is 0 Å². The number of aromatic amines is 1. The minimum atomic E-state index is -3.07. The van der Waals surface area contributed by atoms with Gasteiger partial charge in [-0.15, -0.1) is 0 Å². The smallest absolute Gasteiger partial charge is 0.407 e. The predicted molar refractivity (Wildman–Crippen MR) is 112 cm³/mol. The summed E-state index contributed by atoms with van der Waals surface area (Å²) in [6, 6.07) is 3.86. The van der Waals surface area contributed by atoms with Crippen molar-refractivity contribution in [1.29, 1.82) is 0 Å². The van der Waals surface area contributed by atoms with Crippen LogP contribution in [0.25, 0.3) is 0 Å². The Kier molecular flexibility index (Phi) is 5.68. The highest BCUT2D eigenvalue weighted by Gasteiger charge is 2.27. The molecule has 0 unspecified atom stereocenters. The topological polar surface area (TPSA) is 126 Å². The van der Waals surface area contributed by atoms with Crippen molar-refractivity contribution in [3.05, 3.63) is 35.3 Å². The molecule has 30 heavy (non-hydrogen) atoms. The van der Waals surface area contributed by atoms with Crippen molar-refractivity contribution in [2.75, 3.05) is 5.32 Å². The summed E-state index contributed by atoms with van der Waals surface area (Å²) in [5, 5.41) is 13.4. The Morgan fingerprint density at radius 1 is 1.20 bits per heavy atom. The van der Waals surface area contributed by atoms with E-state index in [0.717, 1.165) is 42.6 Å². The molecule has 3 heterocycles. The van der Waals surface area contributed by atoms with Gasteiger partial charge < -0.3 is 15.4 Å². The van der Waals surface area contributed by atoms with Crippen LogP contribution in [-0.4, -0.2) is 41.8 Å². The van der Waals surface area contributed by atoms with Gasteiger partial charge in [-0.3, -0.25) is 10.1 Å². The fourth-order valence-corrected chi connectivity index (χ4v) is 5.53. The average molecular weight is 434 g/mol. The van der Waals surface area contributed by atoms with Crippen LogP contribution in [0.15, 0.2) is 18.3 Å². The van der Waals surface area contributed by atoms with E-state index >= 15 is 0 Å². The van der Waals surface area contributed by atoms with E-state index < -0.39 is 9.84 Å². The molecule has 2 aromatic rings. The van der Waals surface area contributed by atoms with Gasteiger partial charge in [0.2, 0.25) is 0 Å². The van der Waals surface area contributed by atoms with Crippen LogP contribution in [0.3, 0.4) is 0 Å². The molecule has 2 aliphatic rings. The number of amides is 1. The molecule has 0 saturated heterocycles. The summed E-state index contributed by atoms with van der Waals surface area (Å²) in [6.45, 7) is 3.81. The Morgan fingerprint density at radius 2 is 1.97 bits per heavy atom. The van der Waals surface area contributed by atoms with Crippen molar-refractivity contribution in [2.45, 2.75) is 69.1 Å². The quantitative estimate of drug-likeness (QED) is 0.661. The summed E-state index contributed by atoms with van der Waals surface area (Å²) in [5.74, 6) is 1.06. The van der Waals surface area contributed by atoms with E-state index in [2.05, 4.69) is 25.8 Å². The number of carbonyl (C=O) groups is 1. The van der Waals surface area contributed by atoms with Gasteiger partial charge >= 0.3 is 6.09 Å².